The van der Waals surface area contributed by atoms with Gasteiger partial charge in [0.25, 0.3) is 5.91 Å². The van der Waals surface area contributed by atoms with Gasteiger partial charge in [0.1, 0.15) is 12.4 Å². The van der Waals surface area contributed by atoms with Crippen LogP contribution in [0.3, 0.4) is 0 Å². The molecule has 0 spiro atoms. The van der Waals surface area contributed by atoms with Gasteiger partial charge in [-0.2, -0.15) is 5.11 Å². The second kappa shape index (κ2) is 5.83. The molecular weight excluding hydrogens is 294 g/mol. The van der Waals surface area contributed by atoms with Crippen LogP contribution in [0.5, 0.6) is 5.75 Å². The summed E-state index contributed by atoms with van der Waals surface area (Å²) >= 11 is 6.10. The number of carbonyl (C=O) groups excluding carboxylic acids is 1. The zero-order valence-corrected chi connectivity index (χ0v) is 12.0. The molecule has 1 amide bonds. The van der Waals surface area contributed by atoms with Gasteiger partial charge in [0, 0.05) is 18.7 Å². The van der Waals surface area contributed by atoms with E-state index >= 15 is 0 Å². The number of aliphatic hydroxyl groups excluding tert-OH is 1. The number of amides is 1. The topological polar surface area (TPSA) is 74.5 Å². The molecule has 0 radical (unpaired) electrons. The second-order valence-electron chi connectivity index (χ2n) is 4.79. The second-order valence-corrected chi connectivity index (χ2v) is 5.23. The number of carbonyl (C=O) groups is 1. The Balaban J connectivity index is 1.83. The molecule has 6 nitrogen and oxygen atoms in total. The minimum atomic E-state index is -0.793. The van der Waals surface area contributed by atoms with Crippen molar-refractivity contribution >= 4 is 17.5 Å². The Bertz CT molecular complexity index is 630. The molecule has 110 valence electrons. The lowest BCUT2D eigenvalue weighted by Gasteiger charge is -2.24. The molecule has 0 aliphatic carbocycles. The van der Waals surface area contributed by atoms with E-state index in [1.807, 2.05) is 23.1 Å². The molecule has 21 heavy (non-hydrogen) atoms. The number of rotatable bonds is 4. The average molecular weight is 308 g/mol. The minimum Gasteiger partial charge on any atom is -0.491 e. The molecule has 0 saturated heterocycles. The summed E-state index contributed by atoms with van der Waals surface area (Å²) in [7, 11) is 0. The quantitative estimate of drug-likeness (QED) is 0.861. The normalized spacial score (nSPS) is 20.5. The van der Waals surface area contributed by atoms with E-state index in [4.69, 9.17) is 21.4 Å². The van der Waals surface area contributed by atoms with E-state index < -0.39 is 11.3 Å². The summed E-state index contributed by atoms with van der Waals surface area (Å²) in [5.74, 6) is 0.307. The van der Waals surface area contributed by atoms with Gasteiger partial charge in [-0.1, -0.05) is 12.1 Å². The highest BCUT2D eigenvalue weighted by atomic mass is 35.5. The first-order valence-electron chi connectivity index (χ1n) is 6.59. The van der Waals surface area contributed by atoms with Crippen LogP contribution in [0.2, 0.25) is 0 Å². The first-order valence-corrected chi connectivity index (χ1v) is 7.02. The third-order valence-electron chi connectivity index (χ3n) is 3.48. The maximum Gasteiger partial charge on any atom is 0.288 e. The van der Waals surface area contributed by atoms with Crippen LogP contribution in [0.4, 0.5) is 0 Å². The number of aliphatic hydroxyl groups is 1. The molecule has 7 heteroatoms. The number of benzene rings is 1. The van der Waals surface area contributed by atoms with Gasteiger partial charge in [-0.3, -0.25) is 4.79 Å². The Morgan fingerprint density at radius 2 is 2.29 bits per heavy atom. The molecule has 2 aliphatic rings. The summed E-state index contributed by atoms with van der Waals surface area (Å²) in [5.41, 5.74) is 2.82. The largest absolute Gasteiger partial charge is 0.491 e. The summed E-state index contributed by atoms with van der Waals surface area (Å²) < 4.78 is 5.54. The van der Waals surface area contributed by atoms with Crippen LogP contribution in [-0.4, -0.2) is 34.5 Å². The van der Waals surface area contributed by atoms with Gasteiger partial charge in [-0.25, -0.2) is 0 Å². The zero-order chi connectivity index (χ0) is 14.8. The molecule has 0 fully saturated rings. The van der Waals surface area contributed by atoms with Gasteiger partial charge in [0.2, 0.25) is 0 Å². The first kappa shape index (κ1) is 14.0. The van der Waals surface area contributed by atoms with Crippen LogP contribution in [-0.2, 0) is 17.9 Å². The van der Waals surface area contributed by atoms with Gasteiger partial charge in [-0.15, -0.1) is 16.7 Å². The number of nitrogens with zero attached hydrogens (tertiary/aromatic N) is 3. The molecule has 1 aromatic carbocycles. The number of alkyl halides is 1. The average Bonchev–Trinajstić information content (AvgIpc) is 2.92. The van der Waals surface area contributed by atoms with Crippen LogP contribution in [0.1, 0.15) is 11.1 Å². The number of ether oxygens (including phenoxy) is 1. The van der Waals surface area contributed by atoms with Crippen molar-refractivity contribution in [1.82, 2.24) is 4.90 Å². The van der Waals surface area contributed by atoms with Crippen molar-refractivity contribution in [2.45, 2.75) is 18.5 Å². The number of hydrogen-bond donors (Lipinski definition) is 1. The first-order chi connectivity index (χ1) is 10.2. The molecule has 1 unspecified atom stereocenters. The van der Waals surface area contributed by atoms with Crippen molar-refractivity contribution in [3.63, 3.8) is 0 Å². The maximum atomic E-state index is 11.5. The predicted molar refractivity (Wildman–Crippen MR) is 75.9 cm³/mol. The van der Waals surface area contributed by atoms with Gasteiger partial charge >= 0.3 is 0 Å². The van der Waals surface area contributed by atoms with E-state index in [0.717, 1.165) is 16.9 Å². The van der Waals surface area contributed by atoms with E-state index in [9.17, 15) is 4.79 Å². The van der Waals surface area contributed by atoms with Crippen LogP contribution in [0.25, 0.3) is 0 Å². The lowest BCUT2D eigenvalue weighted by Crippen LogP contribution is -2.28. The highest BCUT2D eigenvalue weighted by Crippen LogP contribution is 2.35. The van der Waals surface area contributed by atoms with Gasteiger partial charge in [-0.05, 0) is 11.6 Å². The third kappa shape index (κ3) is 2.64. The Labute approximate surface area is 126 Å². The molecule has 2 heterocycles. The van der Waals surface area contributed by atoms with E-state index in [-0.39, 0.29) is 13.2 Å². The zero-order valence-electron chi connectivity index (χ0n) is 11.2. The molecule has 0 saturated carbocycles. The molecule has 2 aliphatic heterocycles. The monoisotopic (exact) mass is 307 g/mol. The van der Waals surface area contributed by atoms with Crippen molar-refractivity contribution in [3.05, 3.63) is 41.2 Å². The summed E-state index contributed by atoms with van der Waals surface area (Å²) in [6, 6.07) is 5.79. The van der Waals surface area contributed by atoms with E-state index in [1.54, 1.807) is 0 Å². The van der Waals surface area contributed by atoms with Crippen molar-refractivity contribution in [1.29, 1.82) is 0 Å². The summed E-state index contributed by atoms with van der Waals surface area (Å²) in [5, 5.41) is 15.2. The van der Waals surface area contributed by atoms with Gasteiger partial charge in [0.05, 0.1) is 18.5 Å². The molecule has 1 N–H and O–H groups in total. The summed E-state index contributed by atoms with van der Waals surface area (Å²) in [4.78, 5) is 13.5. The van der Waals surface area contributed by atoms with Crippen molar-refractivity contribution < 1.29 is 14.6 Å². The molecule has 1 atom stereocenters. The molecule has 0 bridgehead atoms. The fourth-order valence-corrected chi connectivity index (χ4v) is 2.73. The standard InChI is InChI=1S/C14H14ClN3O3/c15-13-11(6-16-17-14(13)20)18-7-9-2-1-3-12(10(9)8-18)21-5-4-19/h1-3,6,13,19H,4-5,7-8H2. The maximum absolute atomic E-state index is 11.5. The minimum absolute atomic E-state index is 0.0306. The van der Waals surface area contributed by atoms with E-state index in [0.29, 0.717) is 18.8 Å². The number of hydrogen-bond acceptors (Lipinski definition) is 5. The number of fused-ring (bicyclic) bond motifs is 1. The molecular formula is C14H14ClN3O3. The molecule has 3 rings (SSSR count). The van der Waals surface area contributed by atoms with E-state index in [2.05, 4.69) is 10.2 Å². The van der Waals surface area contributed by atoms with Gasteiger partial charge < -0.3 is 14.7 Å². The third-order valence-corrected chi connectivity index (χ3v) is 3.89. The van der Waals surface area contributed by atoms with Crippen LogP contribution in [0.15, 0.2) is 40.3 Å². The smallest absolute Gasteiger partial charge is 0.288 e. The molecule has 0 aromatic heterocycles. The Morgan fingerprint density at radius 3 is 3.10 bits per heavy atom. The summed E-state index contributed by atoms with van der Waals surface area (Å²) in [6.07, 6.45) is 1.53. The van der Waals surface area contributed by atoms with Crippen LogP contribution < -0.4 is 4.74 Å². The number of azo groups is 1. The number of halogens is 1. The Kier molecular flexibility index (Phi) is 3.90. The lowest BCUT2D eigenvalue weighted by molar-refractivity contribution is -0.117. The predicted octanol–water partition coefficient (Wildman–Crippen LogP) is 1.81. The van der Waals surface area contributed by atoms with E-state index in [1.165, 1.54) is 6.20 Å². The van der Waals surface area contributed by atoms with Crippen LogP contribution >= 0.6 is 11.6 Å². The van der Waals surface area contributed by atoms with Crippen LogP contribution in [0, 0.1) is 0 Å². The van der Waals surface area contributed by atoms with Crippen molar-refractivity contribution in [2.75, 3.05) is 13.2 Å². The Hall–Kier alpha value is -1.92. The van der Waals surface area contributed by atoms with Crippen molar-refractivity contribution in [2.24, 2.45) is 10.2 Å². The SMILES string of the molecule is O=C1N=NC=C(N2Cc3cccc(OCCO)c3C2)C1Cl. The van der Waals surface area contributed by atoms with Gasteiger partial charge in [0.15, 0.2) is 5.38 Å². The highest BCUT2D eigenvalue weighted by Gasteiger charge is 2.32. The molecule has 1 aromatic rings. The van der Waals surface area contributed by atoms with Crippen molar-refractivity contribution in [3.8, 4) is 5.75 Å². The Morgan fingerprint density at radius 1 is 1.43 bits per heavy atom. The lowest BCUT2D eigenvalue weighted by atomic mass is 10.1. The summed E-state index contributed by atoms with van der Waals surface area (Å²) in [6.45, 7) is 1.46. The highest BCUT2D eigenvalue weighted by molar-refractivity contribution is 6.33. The fourth-order valence-electron chi connectivity index (χ4n) is 2.49. The fraction of sp³-hybridized carbons (Fsp3) is 0.357.